The van der Waals surface area contributed by atoms with Crippen molar-refractivity contribution in [1.29, 1.82) is 0 Å². The maximum Gasteiger partial charge on any atom is 0.228 e. The zero-order valence-corrected chi connectivity index (χ0v) is 18.6. The first-order chi connectivity index (χ1) is 16.3. The van der Waals surface area contributed by atoms with Crippen LogP contribution in [0.4, 0.5) is 0 Å². The van der Waals surface area contributed by atoms with Crippen molar-refractivity contribution in [3.05, 3.63) is 83.9 Å². The molecule has 0 amide bonds. The van der Waals surface area contributed by atoms with Gasteiger partial charge in [-0.15, -0.1) is 0 Å². The molecule has 3 aromatic carbocycles. The van der Waals surface area contributed by atoms with E-state index in [0.717, 1.165) is 76.4 Å². The number of aromatic nitrogens is 3. The molecule has 5 heteroatoms. The summed E-state index contributed by atoms with van der Waals surface area (Å²) in [6.07, 6.45) is 4.09. The number of rotatable bonds is 6. The summed E-state index contributed by atoms with van der Waals surface area (Å²) in [5.74, 6) is 3.08. The molecular formula is C28H25N3O2. The maximum atomic E-state index is 6.29. The summed E-state index contributed by atoms with van der Waals surface area (Å²) >= 11 is 0. The van der Waals surface area contributed by atoms with Crippen LogP contribution < -0.4 is 9.47 Å². The SMILES string of the molecule is CCCCCOc1ccccc1-c1nc2c(c3nc4ccccc4n13)Cc1ccccc1O2. The lowest BCUT2D eigenvalue weighted by molar-refractivity contribution is 0.307. The van der Waals surface area contributed by atoms with Crippen molar-refractivity contribution in [2.24, 2.45) is 0 Å². The fraction of sp³-hybridized carbons (Fsp3) is 0.214. The van der Waals surface area contributed by atoms with Crippen LogP contribution in [0.3, 0.4) is 0 Å². The van der Waals surface area contributed by atoms with Gasteiger partial charge < -0.3 is 9.47 Å². The number of ether oxygens (including phenoxy) is 2. The van der Waals surface area contributed by atoms with E-state index < -0.39 is 0 Å². The highest BCUT2D eigenvalue weighted by Gasteiger charge is 2.26. The summed E-state index contributed by atoms with van der Waals surface area (Å²) in [6.45, 7) is 2.89. The molecule has 0 fully saturated rings. The lowest BCUT2D eigenvalue weighted by Crippen LogP contribution is -2.10. The van der Waals surface area contributed by atoms with E-state index in [1.807, 2.05) is 54.6 Å². The number of fused-ring (bicyclic) bond motifs is 6. The predicted molar refractivity (Wildman–Crippen MR) is 130 cm³/mol. The molecule has 0 radical (unpaired) electrons. The molecule has 0 unspecified atom stereocenters. The van der Waals surface area contributed by atoms with E-state index in [1.165, 1.54) is 0 Å². The second kappa shape index (κ2) is 8.24. The van der Waals surface area contributed by atoms with Gasteiger partial charge in [-0.1, -0.05) is 62.2 Å². The van der Waals surface area contributed by atoms with Crippen LogP contribution >= 0.6 is 0 Å². The molecular weight excluding hydrogens is 410 g/mol. The van der Waals surface area contributed by atoms with Gasteiger partial charge in [0.25, 0.3) is 0 Å². The topological polar surface area (TPSA) is 48.7 Å². The summed E-state index contributed by atoms with van der Waals surface area (Å²) < 4.78 is 14.7. The minimum Gasteiger partial charge on any atom is -0.493 e. The molecule has 0 spiro atoms. The van der Waals surface area contributed by atoms with Crippen LogP contribution in [0.1, 0.15) is 37.3 Å². The predicted octanol–water partition coefficient (Wildman–Crippen LogP) is 6.82. The molecule has 3 heterocycles. The average molecular weight is 436 g/mol. The standard InChI is InChI=1S/C28H25N3O2/c1-2-3-10-17-32-25-16-9-5-12-20(25)26-30-28-21(18-19-11-4-8-15-24(19)33-28)27-29-22-13-6-7-14-23(22)31(26)27/h4-9,11-16H,2-3,10,17-18H2,1H3. The minimum atomic E-state index is 0.618. The van der Waals surface area contributed by atoms with Gasteiger partial charge in [-0.05, 0) is 42.3 Å². The molecule has 1 aliphatic heterocycles. The molecule has 1 aliphatic rings. The highest BCUT2D eigenvalue weighted by Crippen LogP contribution is 2.41. The smallest absolute Gasteiger partial charge is 0.228 e. The number of benzene rings is 3. The minimum absolute atomic E-state index is 0.618. The lowest BCUT2D eigenvalue weighted by atomic mass is 10.0. The van der Waals surface area contributed by atoms with Gasteiger partial charge in [0.1, 0.15) is 17.1 Å². The van der Waals surface area contributed by atoms with E-state index >= 15 is 0 Å². The lowest BCUT2D eigenvalue weighted by Gasteiger charge is -2.21. The van der Waals surface area contributed by atoms with E-state index in [0.29, 0.717) is 12.5 Å². The molecule has 0 atom stereocenters. The van der Waals surface area contributed by atoms with Gasteiger partial charge >= 0.3 is 0 Å². The van der Waals surface area contributed by atoms with E-state index in [4.69, 9.17) is 19.4 Å². The molecule has 2 aromatic heterocycles. The Bertz CT molecular complexity index is 1470. The molecule has 0 saturated carbocycles. The van der Waals surface area contributed by atoms with Gasteiger partial charge in [0.05, 0.1) is 28.8 Å². The van der Waals surface area contributed by atoms with Crippen molar-refractivity contribution in [2.75, 3.05) is 6.61 Å². The van der Waals surface area contributed by atoms with Crippen LogP contribution in [-0.4, -0.2) is 21.0 Å². The largest absolute Gasteiger partial charge is 0.493 e. The van der Waals surface area contributed by atoms with Gasteiger partial charge in [0, 0.05) is 6.42 Å². The van der Waals surface area contributed by atoms with Crippen molar-refractivity contribution in [1.82, 2.24) is 14.4 Å². The van der Waals surface area contributed by atoms with Crippen LogP contribution in [0.2, 0.25) is 0 Å². The van der Waals surface area contributed by atoms with Crippen LogP contribution in [0.5, 0.6) is 17.4 Å². The summed E-state index contributed by atoms with van der Waals surface area (Å²) in [6, 6.07) is 24.4. The average Bonchev–Trinajstić information content (AvgIpc) is 3.25. The summed E-state index contributed by atoms with van der Waals surface area (Å²) in [7, 11) is 0. The monoisotopic (exact) mass is 435 g/mol. The maximum absolute atomic E-state index is 6.29. The number of unbranched alkanes of at least 4 members (excludes halogenated alkanes) is 2. The Labute approximate surface area is 192 Å². The highest BCUT2D eigenvalue weighted by atomic mass is 16.5. The Morgan fingerprint density at radius 3 is 2.67 bits per heavy atom. The summed E-state index contributed by atoms with van der Waals surface area (Å²) in [5.41, 5.74) is 5.94. The Morgan fingerprint density at radius 1 is 0.909 bits per heavy atom. The van der Waals surface area contributed by atoms with E-state index in [1.54, 1.807) is 0 Å². The van der Waals surface area contributed by atoms with Crippen LogP contribution in [0.15, 0.2) is 72.8 Å². The van der Waals surface area contributed by atoms with Gasteiger partial charge in [-0.3, -0.25) is 4.40 Å². The van der Waals surface area contributed by atoms with Crippen LogP contribution in [0, 0.1) is 0 Å². The quantitative estimate of drug-likeness (QED) is 0.270. The number of imidazole rings is 1. The van der Waals surface area contributed by atoms with Gasteiger partial charge in [-0.2, -0.15) is 4.98 Å². The first-order valence-corrected chi connectivity index (χ1v) is 11.6. The molecule has 6 rings (SSSR count). The molecule has 0 saturated heterocycles. The third-order valence-corrected chi connectivity index (χ3v) is 6.19. The molecule has 0 N–H and O–H groups in total. The zero-order valence-electron chi connectivity index (χ0n) is 18.6. The fourth-order valence-corrected chi connectivity index (χ4v) is 4.53. The fourth-order valence-electron chi connectivity index (χ4n) is 4.53. The molecule has 0 aliphatic carbocycles. The Kier molecular flexibility index (Phi) is 4.95. The molecule has 33 heavy (non-hydrogen) atoms. The third kappa shape index (κ3) is 3.41. The normalized spacial score (nSPS) is 12.4. The highest BCUT2D eigenvalue weighted by molar-refractivity contribution is 5.85. The Morgan fingerprint density at radius 2 is 1.73 bits per heavy atom. The number of para-hydroxylation sites is 4. The summed E-state index contributed by atoms with van der Waals surface area (Å²) in [4.78, 5) is 10.1. The van der Waals surface area contributed by atoms with Gasteiger partial charge in [-0.25, -0.2) is 4.98 Å². The Hall–Kier alpha value is -3.86. The number of nitrogens with zero attached hydrogens (tertiary/aromatic N) is 3. The van der Waals surface area contributed by atoms with Gasteiger partial charge in [0.15, 0.2) is 5.82 Å². The van der Waals surface area contributed by atoms with Crippen LogP contribution in [0.25, 0.3) is 28.1 Å². The zero-order chi connectivity index (χ0) is 22.2. The number of hydrogen-bond acceptors (Lipinski definition) is 4. The second-order valence-electron chi connectivity index (χ2n) is 8.42. The van der Waals surface area contributed by atoms with Crippen molar-refractivity contribution >= 4 is 16.7 Å². The van der Waals surface area contributed by atoms with E-state index in [-0.39, 0.29) is 0 Å². The van der Waals surface area contributed by atoms with E-state index in [9.17, 15) is 0 Å². The molecule has 164 valence electrons. The first kappa shape index (κ1) is 19.8. The van der Waals surface area contributed by atoms with Crippen molar-refractivity contribution < 1.29 is 9.47 Å². The van der Waals surface area contributed by atoms with E-state index in [2.05, 4.69) is 29.5 Å². The van der Waals surface area contributed by atoms with Crippen LogP contribution in [-0.2, 0) is 6.42 Å². The number of hydrogen-bond donors (Lipinski definition) is 0. The molecule has 5 nitrogen and oxygen atoms in total. The molecule has 0 bridgehead atoms. The molecule has 5 aromatic rings. The summed E-state index contributed by atoms with van der Waals surface area (Å²) in [5, 5.41) is 0. The van der Waals surface area contributed by atoms with Crippen molar-refractivity contribution in [3.8, 4) is 28.8 Å². The van der Waals surface area contributed by atoms with Gasteiger partial charge in [0.2, 0.25) is 5.88 Å². The van der Waals surface area contributed by atoms with Crippen molar-refractivity contribution in [2.45, 2.75) is 32.6 Å². The first-order valence-electron chi connectivity index (χ1n) is 11.6. The third-order valence-electron chi connectivity index (χ3n) is 6.19. The Balaban J connectivity index is 1.57. The second-order valence-corrected chi connectivity index (χ2v) is 8.42. The van der Waals surface area contributed by atoms with Crippen molar-refractivity contribution in [3.63, 3.8) is 0 Å².